The lowest BCUT2D eigenvalue weighted by atomic mass is 9.90. The molecule has 0 aromatic heterocycles. The van der Waals surface area contributed by atoms with Gasteiger partial charge in [0.2, 0.25) is 0 Å². The van der Waals surface area contributed by atoms with Gasteiger partial charge in [0.15, 0.2) is 0 Å². The Morgan fingerprint density at radius 2 is 2.06 bits per heavy atom. The Morgan fingerprint density at radius 1 is 1.39 bits per heavy atom. The summed E-state index contributed by atoms with van der Waals surface area (Å²) in [5.41, 5.74) is -1.21. The number of carboxylic acids is 1. The molecule has 1 fully saturated rings. The molecule has 1 heterocycles. The molecule has 0 spiro atoms. The van der Waals surface area contributed by atoms with Gasteiger partial charge < -0.3 is 25.2 Å². The average molecular weight is 260 g/mol. The zero-order valence-corrected chi connectivity index (χ0v) is 10.5. The van der Waals surface area contributed by atoms with E-state index in [0.29, 0.717) is 33.0 Å². The molecular formula is C11H20N2O5. The summed E-state index contributed by atoms with van der Waals surface area (Å²) >= 11 is 0. The number of aliphatic carboxylic acids is 1. The number of rotatable bonds is 6. The molecule has 0 aromatic carbocycles. The monoisotopic (exact) mass is 260 g/mol. The van der Waals surface area contributed by atoms with E-state index in [1.54, 1.807) is 0 Å². The first kappa shape index (κ1) is 14.7. The van der Waals surface area contributed by atoms with Crippen LogP contribution in [0.25, 0.3) is 0 Å². The van der Waals surface area contributed by atoms with Crippen molar-refractivity contribution in [2.45, 2.75) is 25.3 Å². The first-order chi connectivity index (χ1) is 8.60. The van der Waals surface area contributed by atoms with E-state index in [2.05, 4.69) is 10.6 Å². The minimum Gasteiger partial charge on any atom is -0.480 e. The van der Waals surface area contributed by atoms with Gasteiger partial charge in [0.05, 0.1) is 6.61 Å². The molecule has 2 amide bonds. The van der Waals surface area contributed by atoms with Gasteiger partial charge in [-0.1, -0.05) is 0 Å². The van der Waals surface area contributed by atoms with Crippen LogP contribution in [-0.4, -0.2) is 55.6 Å². The van der Waals surface area contributed by atoms with E-state index in [1.165, 1.54) is 0 Å². The van der Waals surface area contributed by atoms with Crippen LogP contribution in [0.5, 0.6) is 0 Å². The second kappa shape index (κ2) is 7.17. The minimum atomic E-state index is -1.21. The van der Waals surface area contributed by atoms with E-state index >= 15 is 0 Å². The van der Waals surface area contributed by atoms with Crippen LogP contribution < -0.4 is 10.6 Å². The summed E-state index contributed by atoms with van der Waals surface area (Å²) in [6, 6.07) is -0.487. The van der Waals surface area contributed by atoms with E-state index in [4.69, 9.17) is 9.47 Å². The van der Waals surface area contributed by atoms with Gasteiger partial charge in [-0.25, -0.2) is 9.59 Å². The lowest BCUT2D eigenvalue weighted by molar-refractivity contribution is -0.148. The molecule has 1 saturated heterocycles. The van der Waals surface area contributed by atoms with E-state index < -0.39 is 17.5 Å². The van der Waals surface area contributed by atoms with E-state index in [-0.39, 0.29) is 12.8 Å². The number of nitrogens with one attached hydrogen (secondary N) is 2. The third-order valence-corrected chi connectivity index (χ3v) is 2.84. The predicted octanol–water partition coefficient (Wildman–Crippen LogP) is -0.0441. The maximum Gasteiger partial charge on any atom is 0.329 e. The molecule has 0 aromatic rings. The van der Waals surface area contributed by atoms with Crippen molar-refractivity contribution in [3.05, 3.63) is 0 Å². The van der Waals surface area contributed by atoms with Crippen LogP contribution in [0.2, 0.25) is 0 Å². The van der Waals surface area contributed by atoms with Gasteiger partial charge in [0, 0.05) is 39.2 Å². The summed E-state index contributed by atoms with van der Waals surface area (Å²) in [7, 11) is 0. The highest BCUT2D eigenvalue weighted by Crippen LogP contribution is 2.20. The highest BCUT2D eigenvalue weighted by atomic mass is 16.5. The number of carbonyl (C=O) groups excluding carboxylic acids is 1. The minimum absolute atomic E-state index is 0.279. The summed E-state index contributed by atoms with van der Waals surface area (Å²) in [5, 5.41) is 14.3. The molecule has 0 saturated carbocycles. The highest BCUT2D eigenvalue weighted by Gasteiger charge is 2.41. The van der Waals surface area contributed by atoms with Gasteiger partial charge in [-0.3, -0.25) is 0 Å². The Bertz CT molecular complexity index is 289. The standard InChI is InChI=1S/C11H20N2O5/c1-2-17-8-5-12-10(16)13-11(9(14)15)3-6-18-7-4-11/h2-8H2,1H3,(H,14,15)(H2,12,13,16). The number of hydrogen-bond donors (Lipinski definition) is 3. The van der Waals surface area contributed by atoms with Gasteiger partial charge in [-0.2, -0.15) is 0 Å². The van der Waals surface area contributed by atoms with Gasteiger partial charge in [0.1, 0.15) is 5.54 Å². The van der Waals surface area contributed by atoms with Gasteiger partial charge in [-0.05, 0) is 6.92 Å². The fourth-order valence-corrected chi connectivity index (χ4v) is 1.75. The Balaban J connectivity index is 2.41. The van der Waals surface area contributed by atoms with Crippen molar-refractivity contribution >= 4 is 12.0 Å². The zero-order valence-electron chi connectivity index (χ0n) is 10.5. The number of amides is 2. The maximum atomic E-state index is 11.6. The Hall–Kier alpha value is -1.34. The van der Waals surface area contributed by atoms with E-state index in [9.17, 15) is 14.7 Å². The highest BCUT2D eigenvalue weighted by molar-refractivity contribution is 5.86. The molecule has 1 aliphatic rings. The normalized spacial score (nSPS) is 18.1. The number of carbonyl (C=O) groups is 2. The Kier molecular flexibility index (Phi) is 5.87. The summed E-state index contributed by atoms with van der Waals surface area (Å²) in [6.45, 7) is 3.89. The van der Waals surface area contributed by atoms with Gasteiger partial charge in [-0.15, -0.1) is 0 Å². The van der Waals surface area contributed by atoms with E-state index in [0.717, 1.165) is 0 Å². The molecule has 18 heavy (non-hydrogen) atoms. The molecule has 0 unspecified atom stereocenters. The lowest BCUT2D eigenvalue weighted by Gasteiger charge is -2.33. The first-order valence-electron chi connectivity index (χ1n) is 6.05. The molecule has 104 valence electrons. The summed E-state index contributed by atoms with van der Waals surface area (Å²) < 4.78 is 10.2. The summed E-state index contributed by atoms with van der Waals surface area (Å²) in [6.07, 6.45) is 0.558. The smallest absolute Gasteiger partial charge is 0.329 e. The lowest BCUT2D eigenvalue weighted by Crippen LogP contribution is -2.59. The van der Waals surface area contributed by atoms with Crippen LogP contribution in [0.1, 0.15) is 19.8 Å². The number of hydrogen-bond acceptors (Lipinski definition) is 4. The molecule has 1 rings (SSSR count). The van der Waals surface area contributed by atoms with Crippen LogP contribution in [0.3, 0.4) is 0 Å². The van der Waals surface area contributed by atoms with Crippen LogP contribution in [-0.2, 0) is 14.3 Å². The summed E-state index contributed by atoms with van der Waals surface area (Å²) in [4.78, 5) is 22.9. The Morgan fingerprint density at radius 3 is 2.61 bits per heavy atom. The number of carboxylic acid groups (broad SMARTS) is 1. The third kappa shape index (κ3) is 4.15. The van der Waals surface area contributed by atoms with Crippen molar-refractivity contribution in [1.82, 2.24) is 10.6 Å². The molecule has 0 aliphatic carbocycles. The molecule has 0 radical (unpaired) electrons. The van der Waals surface area contributed by atoms with Crippen LogP contribution >= 0.6 is 0 Å². The maximum absolute atomic E-state index is 11.6. The number of urea groups is 1. The summed E-state index contributed by atoms with van der Waals surface area (Å²) in [5.74, 6) is -1.02. The molecule has 3 N–H and O–H groups in total. The SMILES string of the molecule is CCOCCNC(=O)NC1(C(=O)O)CCOCC1. The number of ether oxygens (including phenoxy) is 2. The first-order valence-corrected chi connectivity index (χ1v) is 6.05. The molecule has 0 bridgehead atoms. The average Bonchev–Trinajstić information content (AvgIpc) is 2.35. The van der Waals surface area contributed by atoms with Crippen LogP contribution in [0.4, 0.5) is 4.79 Å². The van der Waals surface area contributed by atoms with Crippen molar-refractivity contribution in [1.29, 1.82) is 0 Å². The molecule has 1 aliphatic heterocycles. The topological polar surface area (TPSA) is 96.9 Å². The second-order valence-corrected chi connectivity index (χ2v) is 4.08. The van der Waals surface area contributed by atoms with Crippen LogP contribution in [0, 0.1) is 0 Å². The van der Waals surface area contributed by atoms with Crippen LogP contribution in [0.15, 0.2) is 0 Å². The van der Waals surface area contributed by atoms with Crippen molar-refractivity contribution in [3.63, 3.8) is 0 Å². The fourth-order valence-electron chi connectivity index (χ4n) is 1.75. The molecule has 7 nitrogen and oxygen atoms in total. The van der Waals surface area contributed by atoms with Gasteiger partial charge >= 0.3 is 12.0 Å². The third-order valence-electron chi connectivity index (χ3n) is 2.84. The largest absolute Gasteiger partial charge is 0.480 e. The molecule has 7 heteroatoms. The quantitative estimate of drug-likeness (QED) is 0.582. The van der Waals surface area contributed by atoms with Gasteiger partial charge in [0.25, 0.3) is 0 Å². The fraction of sp³-hybridized carbons (Fsp3) is 0.818. The predicted molar refractivity (Wildman–Crippen MR) is 63.4 cm³/mol. The van der Waals surface area contributed by atoms with Crippen molar-refractivity contribution in [3.8, 4) is 0 Å². The van der Waals surface area contributed by atoms with Crippen molar-refractivity contribution in [2.24, 2.45) is 0 Å². The Labute approximate surface area is 106 Å². The van der Waals surface area contributed by atoms with Crippen molar-refractivity contribution in [2.75, 3.05) is 33.0 Å². The van der Waals surface area contributed by atoms with Crippen molar-refractivity contribution < 1.29 is 24.2 Å². The van der Waals surface area contributed by atoms with E-state index in [1.807, 2.05) is 6.92 Å². The second-order valence-electron chi connectivity index (χ2n) is 4.08. The molecule has 0 atom stereocenters. The molecular weight excluding hydrogens is 240 g/mol. The zero-order chi connectivity index (χ0) is 13.4.